The van der Waals surface area contributed by atoms with Gasteiger partial charge in [-0.25, -0.2) is 0 Å². The maximum Gasteiger partial charge on any atom is 0.124 e. The molecule has 3 nitrogen and oxygen atoms in total. The largest absolute Gasteiger partial charge is 0.494 e. The number of halogens is 1. The minimum atomic E-state index is 0. The zero-order chi connectivity index (χ0) is 14.7. The Hall–Kier alpha value is -1.29. The van der Waals surface area contributed by atoms with Crippen molar-refractivity contribution in [3.8, 4) is 5.75 Å². The first-order valence-electron chi connectivity index (χ1n) is 7.92. The Morgan fingerprint density at radius 2 is 1.91 bits per heavy atom. The van der Waals surface area contributed by atoms with Crippen LogP contribution in [0.15, 0.2) is 36.4 Å². The molecule has 2 aromatic carbocycles. The molecule has 1 heterocycles. The van der Waals surface area contributed by atoms with Crippen molar-refractivity contribution in [2.24, 2.45) is 11.7 Å². The van der Waals surface area contributed by atoms with Crippen LogP contribution in [0, 0.1) is 5.92 Å². The maximum atomic E-state index is 6.66. The van der Waals surface area contributed by atoms with Gasteiger partial charge in [0.15, 0.2) is 0 Å². The summed E-state index contributed by atoms with van der Waals surface area (Å²) in [5.74, 6) is 1.47. The lowest BCUT2D eigenvalue weighted by atomic mass is 9.84. The molecular weight excluding hydrogens is 296 g/mol. The summed E-state index contributed by atoms with van der Waals surface area (Å²) in [6.07, 6.45) is 2.27. The highest BCUT2D eigenvalue weighted by Crippen LogP contribution is 2.37. The Morgan fingerprint density at radius 3 is 2.64 bits per heavy atom. The van der Waals surface area contributed by atoms with Crippen LogP contribution in [0.5, 0.6) is 5.75 Å². The first-order valence-corrected chi connectivity index (χ1v) is 7.92. The Bertz CT molecular complexity index is 611. The van der Waals surface area contributed by atoms with Gasteiger partial charge in [0.05, 0.1) is 6.61 Å². The molecule has 1 saturated heterocycles. The highest BCUT2D eigenvalue weighted by atomic mass is 35.5. The molecule has 120 valence electrons. The molecule has 1 fully saturated rings. The van der Waals surface area contributed by atoms with E-state index in [1.807, 2.05) is 6.92 Å². The number of hydrogen-bond donors (Lipinski definition) is 2. The Labute approximate surface area is 138 Å². The first-order chi connectivity index (χ1) is 10.3. The lowest BCUT2D eigenvalue weighted by Gasteiger charge is -2.30. The second-order valence-electron chi connectivity index (χ2n) is 5.74. The number of benzene rings is 2. The highest BCUT2D eigenvalue weighted by Gasteiger charge is 2.25. The van der Waals surface area contributed by atoms with Gasteiger partial charge in [0.1, 0.15) is 5.75 Å². The minimum absolute atomic E-state index is 0. The number of nitrogens with two attached hydrogens (primary N) is 1. The quantitative estimate of drug-likeness (QED) is 0.903. The standard InChI is InChI=1S/C18H24N2O.ClH/c1-2-21-16-8-7-13-5-3-4-6-15(13)17(16)18(19)14-9-11-20-12-10-14;/h3-8,14,18,20H,2,9-12,19H2,1H3;1H/t18-;/m1./s1. The number of hydrogen-bond acceptors (Lipinski definition) is 3. The Kier molecular flexibility index (Phi) is 6.07. The molecule has 0 aromatic heterocycles. The SMILES string of the molecule is CCOc1ccc2ccccc2c1[C@H](N)C1CCNCC1.Cl. The molecule has 0 spiro atoms. The molecule has 22 heavy (non-hydrogen) atoms. The van der Waals surface area contributed by atoms with Gasteiger partial charge in [0, 0.05) is 11.6 Å². The fourth-order valence-corrected chi connectivity index (χ4v) is 3.34. The number of rotatable bonds is 4. The third kappa shape index (κ3) is 3.37. The summed E-state index contributed by atoms with van der Waals surface area (Å²) in [7, 11) is 0. The number of nitrogens with one attached hydrogen (secondary N) is 1. The Balaban J connectivity index is 0.00000176. The van der Waals surface area contributed by atoms with E-state index in [2.05, 4.69) is 41.7 Å². The second-order valence-corrected chi connectivity index (χ2v) is 5.74. The number of ether oxygens (including phenoxy) is 1. The molecule has 0 radical (unpaired) electrons. The van der Waals surface area contributed by atoms with Crippen LogP contribution in [-0.4, -0.2) is 19.7 Å². The molecule has 1 atom stereocenters. The van der Waals surface area contributed by atoms with Gasteiger partial charge in [0.2, 0.25) is 0 Å². The van der Waals surface area contributed by atoms with Crippen molar-refractivity contribution < 1.29 is 4.74 Å². The molecule has 0 aliphatic carbocycles. The van der Waals surface area contributed by atoms with Gasteiger partial charge in [-0.2, -0.15) is 0 Å². The van der Waals surface area contributed by atoms with E-state index in [0.717, 1.165) is 31.7 Å². The monoisotopic (exact) mass is 320 g/mol. The van der Waals surface area contributed by atoms with Gasteiger partial charge in [0.25, 0.3) is 0 Å². The van der Waals surface area contributed by atoms with E-state index < -0.39 is 0 Å². The van der Waals surface area contributed by atoms with Crippen LogP contribution in [0.25, 0.3) is 10.8 Å². The average Bonchev–Trinajstić information content (AvgIpc) is 2.55. The lowest BCUT2D eigenvalue weighted by Crippen LogP contribution is -2.34. The summed E-state index contributed by atoms with van der Waals surface area (Å²) in [6, 6.07) is 12.7. The molecule has 1 aliphatic heterocycles. The van der Waals surface area contributed by atoms with E-state index in [-0.39, 0.29) is 18.4 Å². The number of piperidine rings is 1. The molecule has 3 rings (SSSR count). The van der Waals surface area contributed by atoms with E-state index in [0.29, 0.717) is 12.5 Å². The van der Waals surface area contributed by atoms with Crippen LogP contribution in [0.2, 0.25) is 0 Å². The maximum absolute atomic E-state index is 6.66. The first kappa shape index (κ1) is 17.1. The van der Waals surface area contributed by atoms with Gasteiger partial charge < -0.3 is 15.8 Å². The summed E-state index contributed by atoms with van der Waals surface area (Å²) in [6.45, 7) is 4.82. The summed E-state index contributed by atoms with van der Waals surface area (Å²) < 4.78 is 5.86. The second kappa shape index (κ2) is 7.82. The van der Waals surface area contributed by atoms with Crippen molar-refractivity contribution in [3.63, 3.8) is 0 Å². The van der Waals surface area contributed by atoms with Crippen molar-refractivity contribution in [3.05, 3.63) is 42.0 Å². The number of fused-ring (bicyclic) bond motifs is 1. The van der Waals surface area contributed by atoms with Gasteiger partial charge in [-0.1, -0.05) is 30.3 Å². The van der Waals surface area contributed by atoms with E-state index >= 15 is 0 Å². The van der Waals surface area contributed by atoms with Crippen LogP contribution in [0.4, 0.5) is 0 Å². The zero-order valence-electron chi connectivity index (χ0n) is 13.0. The Morgan fingerprint density at radius 1 is 1.18 bits per heavy atom. The summed E-state index contributed by atoms with van der Waals surface area (Å²) in [5, 5.41) is 5.88. The minimum Gasteiger partial charge on any atom is -0.494 e. The molecule has 2 aromatic rings. The third-order valence-corrected chi connectivity index (χ3v) is 4.46. The predicted octanol–water partition coefficient (Wildman–Crippen LogP) is 3.66. The predicted molar refractivity (Wildman–Crippen MR) is 94.9 cm³/mol. The summed E-state index contributed by atoms with van der Waals surface area (Å²) in [4.78, 5) is 0. The van der Waals surface area contributed by atoms with Crippen LogP contribution in [-0.2, 0) is 0 Å². The van der Waals surface area contributed by atoms with Crippen molar-refractivity contribution in [1.82, 2.24) is 5.32 Å². The smallest absolute Gasteiger partial charge is 0.124 e. The van der Waals surface area contributed by atoms with Crippen LogP contribution in [0.1, 0.15) is 31.4 Å². The fourth-order valence-electron chi connectivity index (χ4n) is 3.34. The van der Waals surface area contributed by atoms with Crippen LogP contribution in [0.3, 0.4) is 0 Å². The van der Waals surface area contributed by atoms with E-state index in [1.54, 1.807) is 0 Å². The topological polar surface area (TPSA) is 47.3 Å². The highest BCUT2D eigenvalue weighted by molar-refractivity contribution is 5.88. The van der Waals surface area contributed by atoms with E-state index in [1.165, 1.54) is 16.3 Å². The fraction of sp³-hybridized carbons (Fsp3) is 0.444. The molecule has 3 N–H and O–H groups in total. The molecule has 4 heteroatoms. The zero-order valence-corrected chi connectivity index (χ0v) is 13.9. The van der Waals surface area contributed by atoms with E-state index in [9.17, 15) is 0 Å². The third-order valence-electron chi connectivity index (χ3n) is 4.46. The van der Waals surface area contributed by atoms with Crippen molar-refractivity contribution in [2.45, 2.75) is 25.8 Å². The summed E-state index contributed by atoms with van der Waals surface area (Å²) >= 11 is 0. The van der Waals surface area contributed by atoms with Crippen molar-refractivity contribution >= 4 is 23.2 Å². The van der Waals surface area contributed by atoms with Gasteiger partial charge >= 0.3 is 0 Å². The lowest BCUT2D eigenvalue weighted by molar-refractivity contribution is 0.302. The van der Waals surface area contributed by atoms with Gasteiger partial charge in [-0.3, -0.25) is 0 Å². The molecule has 0 amide bonds. The van der Waals surface area contributed by atoms with Crippen LogP contribution >= 0.6 is 12.4 Å². The summed E-state index contributed by atoms with van der Waals surface area (Å²) in [5.41, 5.74) is 7.84. The molecule has 1 aliphatic rings. The van der Waals surface area contributed by atoms with Crippen LogP contribution < -0.4 is 15.8 Å². The van der Waals surface area contributed by atoms with Crippen molar-refractivity contribution in [1.29, 1.82) is 0 Å². The van der Waals surface area contributed by atoms with Gasteiger partial charge in [-0.05, 0) is 55.6 Å². The molecule has 0 unspecified atom stereocenters. The van der Waals surface area contributed by atoms with Gasteiger partial charge in [-0.15, -0.1) is 12.4 Å². The normalized spacial score (nSPS) is 17.0. The van der Waals surface area contributed by atoms with Crippen molar-refractivity contribution in [2.75, 3.05) is 19.7 Å². The van der Waals surface area contributed by atoms with E-state index in [4.69, 9.17) is 10.5 Å². The molecular formula is C18H25ClN2O. The molecule has 0 bridgehead atoms. The average molecular weight is 321 g/mol. The molecule has 0 saturated carbocycles.